The predicted molar refractivity (Wildman–Crippen MR) is 118 cm³/mol. The number of amides is 2. The molecule has 0 aliphatic carbocycles. The van der Waals surface area contributed by atoms with Gasteiger partial charge in [-0.25, -0.2) is 0 Å². The van der Waals surface area contributed by atoms with Gasteiger partial charge in [0, 0.05) is 19.5 Å². The van der Waals surface area contributed by atoms with Crippen LogP contribution >= 0.6 is 0 Å². The molecule has 2 aliphatic heterocycles. The Morgan fingerprint density at radius 1 is 1.19 bits per heavy atom. The van der Waals surface area contributed by atoms with Gasteiger partial charge in [-0.1, -0.05) is 18.6 Å². The first-order valence-corrected chi connectivity index (χ1v) is 11.2. The molecule has 1 aromatic heterocycles. The zero-order valence-corrected chi connectivity index (χ0v) is 18.1. The molecule has 0 bridgehead atoms. The van der Waals surface area contributed by atoms with E-state index in [0.717, 1.165) is 37.4 Å². The molecule has 1 N–H and O–H groups in total. The lowest BCUT2D eigenvalue weighted by Crippen LogP contribution is -2.42. The van der Waals surface area contributed by atoms with Gasteiger partial charge in [0.2, 0.25) is 11.8 Å². The fourth-order valence-electron chi connectivity index (χ4n) is 4.54. The van der Waals surface area contributed by atoms with Gasteiger partial charge in [-0.05, 0) is 57.1 Å². The summed E-state index contributed by atoms with van der Waals surface area (Å²) in [5.41, 5.74) is 0.728. The van der Waals surface area contributed by atoms with E-state index in [1.807, 2.05) is 43.3 Å². The second-order valence-corrected chi connectivity index (χ2v) is 8.18. The first-order chi connectivity index (χ1) is 15.2. The number of furan rings is 1. The predicted octanol–water partition coefficient (Wildman–Crippen LogP) is 3.37. The average Bonchev–Trinajstić information content (AvgIpc) is 3.45. The van der Waals surface area contributed by atoms with Crippen molar-refractivity contribution in [3.05, 3.63) is 48.4 Å². The lowest BCUT2D eigenvalue weighted by molar-refractivity contribution is -0.126. The smallest absolute Gasteiger partial charge is 0.227 e. The summed E-state index contributed by atoms with van der Waals surface area (Å²) >= 11 is 0. The van der Waals surface area contributed by atoms with Gasteiger partial charge < -0.3 is 19.4 Å². The lowest BCUT2D eigenvalue weighted by atomic mass is 10.1. The molecule has 7 nitrogen and oxygen atoms in total. The normalized spacial score (nSPS) is 20.6. The van der Waals surface area contributed by atoms with E-state index in [1.165, 1.54) is 6.42 Å². The van der Waals surface area contributed by atoms with Crippen molar-refractivity contribution in [3.63, 3.8) is 0 Å². The molecular weight excluding hydrogens is 394 g/mol. The third-order valence-corrected chi connectivity index (χ3v) is 6.12. The van der Waals surface area contributed by atoms with Crippen LogP contribution in [0.25, 0.3) is 0 Å². The maximum Gasteiger partial charge on any atom is 0.227 e. The van der Waals surface area contributed by atoms with Crippen molar-refractivity contribution in [1.29, 1.82) is 0 Å². The number of para-hydroxylation sites is 2. The summed E-state index contributed by atoms with van der Waals surface area (Å²) in [6, 6.07) is 11.4. The quantitative estimate of drug-likeness (QED) is 0.702. The molecule has 0 radical (unpaired) electrons. The van der Waals surface area contributed by atoms with Crippen LogP contribution in [0.2, 0.25) is 0 Å². The van der Waals surface area contributed by atoms with Gasteiger partial charge in [-0.15, -0.1) is 0 Å². The van der Waals surface area contributed by atoms with E-state index in [4.69, 9.17) is 9.15 Å². The van der Waals surface area contributed by atoms with Crippen LogP contribution in [0.5, 0.6) is 5.75 Å². The molecule has 4 rings (SSSR count). The first kappa shape index (κ1) is 21.4. The summed E-state index contributed by atoms with van der Waals surface area (Å²) in [6.07, 6.45) is 5.46. The molecule has 3 heterocycles. The number of rotatable bonds is 8. The number of nitrogens with one attached hydrogen (secondary N) is 1. The molecule has 0 saturated carbocycles. The molecule has 2 unspecified atom stereocenters. The van der Waals surface area contributed by atoms with Crippen LogP contribution in [0.15, 0.2) is 47.1 Å². The van der Waals surface area contributed by atoms with Crippen LogP contribution in [0, 0.1) is 5.92 Å². The number of benzene rings is 1. The second-order valence-electron chi connectivity index (χ2n) is 8.18. The van der Waals surface area contributed by atoms with Gasteiger partial charge >= 0.3 is 0 Å². The molecule has 31 heavy (non-hydrogen) atoms. The fraction of sp³-hybridized carbons (Fsp3) is 0.500. The van der Waals surface area contributed by atoms with Gasteiger partial charge in [-0.3, -0.25) is 14.5 Å². The number of likely N-dealkylation sites (tertiary alicyclic amines) is 1. The van der Waals surface area contributed by atoms with Crippen LogP contribution in [-0.2, 0) is 9.59 Å². The number of piperidine rings is 1. The molecular formula is C24H31N3O4. The van der Waals surface area contributed by atoms with Gasteiger partial charge in [0.1, 0.15) is 11.5 Å². The molecule has 2 amide bonds. The summed E-state index contributed by atoms with van der Waals surface area (Å²) in [5.74, 6) is 1.03. The summed E-state index contributed by atoms with van der Waals surface area (Å²) in [4.78, 5) is 29.7. The van der Waals surface area contributed by atoms with Crippen LogP contribution in [-0.4, -0.2) is 49.5 Å². The molecule has 2 saturated heterocycles. The SMILES string of the molecule is CCOc1ccccc1N1CC(C(=O)NCC(c2ccco2)N2CCCCC2)CC1=O. The van der Waals surface area contributed by atoms with Crippen LogP contribution in [0.3, 0.4) is 0 Å². The van der Waals surface area contributed by atoms with Gasteiger partial charge in [0.15, 0.2) is 0 Å². The highest BCUT2D eigenvalue weighted by atomic mass is 16.5. The summed E-state index contributed by atoms with van der Waals surface area (Å²) < 4.78 is 11.3. The zero-order chi connectivity index (χ0) is 21.6. The van der Waals surface area contributed by atoms with E-state index in [9.17, 15) is 9.59 Å². The number of hydrogen-bond donors (Lipinski definition) is 1. The molecule has 1 aromatic carbocycles. The minimum Gasteiger partial charge on any atom is -0.492 e. The second kappa shape index (κ2) is 10.0. The fourth-order valence-corrected chi connectivity index (χ4v) is 4.54. The Morgan fingerprint density at radius 2 is 2.00 bits per heavy atom. The van der Waals surface area contributed by atoms with Crippen molar-refractivity contribution in [2.75, 3.05) is 37.7 Å². The Morgan fingerprint density at radius 3 is 2.74 bits per heavy atom. The largest absolute Gasteiger partial charge is 0.492 e. The molecule has 2 fully saturated rings. The lowest BCUT2D eigenvalue weighted by Gasteiger charge is -2.33. The van der Waals surface area contributed by atoms with Crippen LogP contribution < -0.4 is 15.0 Å². The van der Waals surface area contributed by atoms with Crippen molar-refractivity contribution < 1.29 is 18.7 Å². The molecule has 7 heteroatoms. The number of hydrogen-bond acceptors (Lipinski definition) is 5. The summed E-state index contributed by atoms with van der Waals surface area (Å²) in [5, 5.41) is 3.09. The van der Waals surface area contributed by atoms with Crippen molar-refractivity contribution in [1.82, 2.24) is 10.2 Å². The van der Waals surface area contributed by atoms with E-state index in [2.05, 4.69) is 10.2 Å². The number of carbonyl (C=O) groups excluding carboxylic acids is 2. The van der Waals surface area contributed by atoms with E-state index < -0.39 is 0 Å². The number of nitrogens with zero attached hydrogens (tertiary/aromatic N) is 2. The molecule has 166 valence electrons. The first-order valence-electron chi connectivity index (χ1n) is 11.2. The number of carbonyl (C=O) groups is 2. The summed E-state index contributed by atoms with van der Waals surface area (Å²) in [6.45, 7) is 5.29. The highest BCUT2D eigenvalue weighted by Crippen LogP contribution is 2.33. The summed E-state index contributed by atoms with van der Waals surface area (Å²) in [7, 11) is 0. The van der Waals surface area contributed by atoms with Crippen LogP contribution in [0.4, 0.5) is 5.69 Å². The topological polar surface area (TPSA) is 75.0 Å². The average molecular weight is 426 g/mol. The Hall–Kier alpha value is -2.80. The van der Waals surface area contributed by atoms with Gasteiger partial charge in [0.25, 0.3) is 0 Å². The third-order valence-electron chi connectivity index (χ3n) is 6.12. The maximum absolute atomic E-state index is 13.0. The molecule has 2 atom stereocenters. The Bertz CT molecular complexity index is 877. The highest BCUT2D eigenvalue weighted by molar-refractivity contribution is 6.01. The Balaban J connectivity index is 1.40. The maximum atomic E-state index is 13.0. The molecule has 0 spiro atoms. The Kier molecular flexibility index (Phi) is 6.92. The number of anilines is 1. The van der Waals surface area contributed by atoms with Crippen molar-refractivity contribution in [3.8, 4) is 5.75 Å². The molecule has 2 aliphatic rings. The van der Waals surface area contributed by atoms with E-state index in [1.54, 1.807) is 11.2 Å². The van der Waals surface area contributed by atoms with Crippen molar-refractivity contribution >= 4 is 17.5 Å². The minimum absolute atomic E-state index is 0.0196. The minimum atomic E-state index is -0.374. The monoisotopic (exact) mass is 425 g/mol. The standard InChI is InChI=1S/C24H31N3O4/c1-2-30-21-10-5-4-9-19(21)27-17-18(15-23(27)28)24(29)25-16-20(22-11-8-14-31-22)26-12-6-3-7-13-26/h4-5,8-11,14,18,20H,2-3,6-7,12-13,15-17H2,1H3,(H,25,29). The zero-order valence-electron chi connectivity index (χ0n) is 18.1. The Labute approximate surface area is 183 Å². The van der Waals surface area contributed by atoms with E-state index in [0.29, 0.717) is 25.4 Å². The third kappa shape index (κ3) is 4.93. The van der Waals surface area contributed by atoms with Crippen molar-refractivity contribution in [2.45, 2.75) is 38.6 Å². The highest BCUT2D eigenvalue weighted by Gasteiger charge is 2.36. The van der Waals surface area contributed by atoms with Crippen molar-refractivity contribution in [2.24, 2.45) is 5.92 Å². The van der Waals surface area contributed by atoms with E-state index in [-0.39, 0.29) is 30.2 Å². The van der Waals surface area contributed by atoms with Gasteiger partial charge in [-0.2, -0.15) is 0 Å². The number of ether oxygens (including phenoxy) is 1. The van der Waals surface area contributed by atoms with E-state index >= 15 is 0 Å². The van der Waals surface area contributed by atoms with Crippen LogP contribution in [0.1, 0.15) is 44.4 Å². The molecule has 2 aromatic rings. The van der Waals surface area contributed by atoms with Gasteiger partial charge in [0.05, 0.1) is 30.5 Å².